The second-order valence-electron chi connectivity index (χ2n) is 4.32. The fourth-order valence-corrected chi connectivity index (χ4v) is 2.30. The van der Waals surface area contributed by atoms with Crippen LogP contribution in [-0.2, 0) is 22.6 Å². The smallest absolute Gasteiger partial charge is 0.313 e. The fraction of sp³-hybridized carbons (Fsp3) is 0.500. The Balaban J connectivity index is 2.50. The highest BCUT2D eigenvalue weighted by atomic mass is 32.2. The molecule has 1 aromatic rings. The minimum atomic E-state index is -4.37. The number of rotatable bonds is 6. The number of hydrogen-bond acceptors (Lipinski definition) is 3. The standard InChI is InChI=1S/C12H16F3NO2S/c1-19(17,18)8-4-7-16-9-10-5-2-3-6-11(10)12(13,14)15/h2-3,5-6,16H,4,7-9H2,1H3. The molecule has 1 aromatic carbocycles. The summed E-state index contributed by atoms with van der Waals surface area (Å²) in [4.78, 5) is 0. The lowest BCUT2D eigenvalue weighted by Crippen LogP contribution is -2.20. The molecule has 0 aromatic heterocycles. The molecule has 0 saturated carbocycles. The summed E-state index contributed by atoms with van der Waals surface area (Å²) in [7, 11) is -3.02. The van der Waals surface area contributed by atoms with Crippen molar-refractivity contribution in [3.05, 3.63) is 35.4 Å². The first-order valence-corrected chi connectivity index (χ1v) is 7.80. The lowest BCUT2D eigenvalue weighted by atomic mass is 10.1. The largest absolute Gasteiger partial charge is 0.416 e. The van der Waals surface area contributed by atoms with Gasteiger partial charge in [0.05, 0.1) is 11.3 Å². The maximum absolute atomic E-state index is 12.7. The Bertz CT molecular complexity index is 512. The number of sulfone groups is 1. The van der Waals surface area contributed by atoms with E-state index in [0.717, 1.165) is 12.3 Å². The molecule has 0 heterocycles. The number of benzene rings is 1. The summed E-state index contributed by atoms with van der Waals surface area (Å²) < 4.78 is 59.8. The molecule has 0 bridgehead atoms. The molecule has 19 heavy (non-hydrogen) atoms. The van der Waals surface area contributed by atoms with Crippen LogP contribution in [-0.4, -0.2) is 27.0 Å². The monoisotopic (exact) mass is 295 g/mol. The van der Waals surface area contributed by atoms with Gasteiger partial charge in [0.15, 0.2) is 0 Å². The minimum absolute atomic E-state index is 0.0287. The normalized spacial score (nSPS) is 12.6. The van der Waals surface area contributed by atoms with Crippen LogP contribution in [0.25, 0.3) is 0 Å². The molecule has 0 unspecified atom stereocenters. The molecule has 0 aliphatic heterocycles. The number of halogens is 3. The van der Waals surface area contributed by atoms with E-state index in [1.165, 1.54) is 12.1 Å². The van der Waals surface area contributed by atoms with Gasteiger partial charge in [-0.3, -0.25) is 0 Å². The fourth-order valence-electron chi connectivity index (χ4n) is 1.63. The molecule has 0 atom stereocenters. The molecule has 0 saturated heterocycles. The minimum Gasteiger partial charge on any atom is -0.313 e. The van der Waals surface area contributed by atoms with E-state index in [1.54, 1.807) is 6.07 Å². The molecule has 108 valence electrons. The molecular weight excluding hydrogens is 279 g/mol. The number of hydrogen-bond donors (Lipinski definition) is 1. The van der Waals surface area contributed by atoms with Crippen molar-refractivity contribution in [2.75, 3.05) is 18.6 Å². The quantitative estimate of drug-likeness (QED) is 0.819. The van der Waals surface area contributed by atoms with Crippen molar-refractivity contribution in [1.82, 2.24) is 5.32 Å². The van der Waals surface area contributed by atoms with Crippen LogP contribution in [0.3, 0.4) is 0 Å². The van der Waals surface area contributed by atoms with Crippen LogP contribution < -0.4 is 5.32 Å². The Morgan fingerprint density at radius 2 is 1.84 bits per heavy atom. The van der Waals surface area contributed by atoms with Crippen molar-refractivity contribution in [3.8, 4) is 0 Å². The lowest BCUT2D eigenvalue weighted by Gasteiger charge is -2.13. The third-order valence-electron chi connectivity index (χ3n) is 2.51. The van der Waals surface area contributed by atoms with E-state index in [1.807, 2.05) is 0 Å². The third kappa shape index (κ3) is 6.07. The summed E-state index contributed by atoms with van der Waals surface area (Å²) >= 11 is 0. The van der Waals surface area contributed by atoms with E-state index in [-0.39, 0.29) is 17.9 Å². The van der Waals surface area contributed by atoms with Crippen molar-refractivity contribution in [3.63, 3.8) is 0 Å². The van der Waals surface area contributed by atoms with Crippen LogP contribution in [0.1, 0.15) is 17.5 Å². The predicted octanol–water partition coefficient (Wildman–Crippen LogP) is 2.23. The molecule has 7 heteroatoms. The van der Waals surface area contributed by atoms with Crippen LogP contribution in [0, 0.1) is 0 Å². The summed E-state index contributed by atoms with van der Waals surface area (Å²) in [6, 6.07) is 5.33. The van der Waals surface area contributed by atoms with Gasteiger partial charge in [-0.15, -0.1) is 0 Å². The van der Waals surface area contributed by atoms with Crippen LogP contribution in [0.5, 0.6) is 0 Å². The molecule has 1 N–H and O–H groups in total. The van der Waals surface area contributed by atoms with E-state index in [9.17, 15) is 21.6 Å². The maximum atomic E-state index is 12.7. The van der Waals surface area contributed by atoms with Gasteiger partial charge in [-0.25, -0.2) is 8.42 Å². The Kier molecular flexibility index (Phi) is 5.37. The summed E-state index contributed by atoms with van der Waals surface area (Å²) in [6.45, 7) is 0.429. The highest BCUT2D eigenvalue weighted by Gasteiger charge is 2.32. The average molecular weight is 295 g/mol. The van der Waals surface area contributed by atoms with Gasteiger partial charge in [-0.1, -0.05) is 18.2 Å². The van der Waals surface area contributed by atoms with Crippen molar-refractivity contribution in [2.45, 2.75) is 19.1 Å². The zero-order chi connectivity index (χ0) is 14.5. The Morgan fingerprint density at radius 3 is 2.42 bits per heavy atom. The Labute approximate surface area is 110 Å². The van der Waals surface area contributed by atoms with Gasteiger partial charge in [0.2, 0.25) is 0 Å². The molecule has 1 rings (SSSR count). The SMILES string of the molecule is CS(=O)(=O)CCCNCc1ccccc1C(F)(F)F. The second-order valence-corrected chi connectivity index (χ2v) is 6.57. The van der Waals surface area contributed by atoms with Gasteiger partial charge in [-0.05, 0) is 24.6 Å². The van der Waals surface area contributed by atoms with E-state index < -0.39 is 21.6 Å². The van der Waals surface area contributed by atoms with Crippen molar-refractivity contribution in [1.29, 1.82) is 0 Å². The van der Waals surface area contributed by atoms with Gasteiger partial charge in [-0.2, -0.15) is 13.2 Å². The van der Waals surface area contributed by atoms with Gasteiger partial charge >= 0.3 is 6.18 Å². The molecule has 3 nitrogen and oxygen atoms in total. The zero-order valence-electron chi connectivity index (χ0n) is 10.5. The van der Waals surface area contributed by atoms with Crippen LogP contribution in [0.15, 0.2) is 24.3 Å². The molecule has 0 spiro atoms. The second kappa shape index (κ2) is 6.38. The average Bonchev–Trinajstić information content (AvgIpc) is 2.26. The lowest BCUT2D eigenvalue weighted by molar-refractivity contribution is -0.138. The van der Waals surface area contributed by atoms with Gasteiger partial charge in [0, 0.05) is 12.8 Å². The highest BCUT2D eigenvalue weighted by Crippen LogP contribution is 2.31. The summed E-state index contributed by atoms with van der Waals surface area (Å²) in [5, 5.41) is 2.82. The molecule has 0 aliphatic carbocycles. The van der Waals surface area contributed by atoms with Gasteiger partial charge in [0.1, 0.15) is 9.84 Å². The maximum Gasteiger partial charge on any atom is 0.416 e. The summed E-state index contributed by atoms with van der Waals surface area (Å²) in [5.74, 6) is 0.0287. The van der Waals surface area contributed by atoms with Crippen LogP contribution in [0.4, 0.5) is 13.2 Å². The first-order valence-electron chi connectivity index (χ1n) is 5.74. The van der Waals surface area contributed by atoms with Gasteiger partial charge in [0.25, 0.3) is 0 Å². The molecule has 0 fully saturated rings. The summed E-state index contributed by atoms with van der Waals surface area (Å²) in [6.07, 6.45) is -2.86. The topological polar surface area (TPSA) is 46.2 Å². The first kappa shape index (κ1) is 16.0. The Hall–Kier alpha value is -1.08. The summed E-state index contributed by atoms with van der Waals surface area (Å²) in [5.41, 5.74) is -0.500. The molecular formula is C12H16F3NO2S. The van der Waals surface area contributed by atoms with Crippen molar-refractivity contribution in [2.24, 2.45) is 0 Å². The predicted molar refractivity (Wildman–Crippen MR) is 67.5 cm³/mol. The van der Waals surface area contributed by atoms with Crippen LogP contribution >= 0.6 is 0 Å². The molecule has 0 amide bonds. The number of alkyl halides is 3. The van der Waals surface area contributed by atoms with E-state index in [2.05, 4.69) is 5.32 Å². The van der Waals surface area contributed by atoms with Crippen LogP contribution in [0.2, 0.25) is 0 Å². The third-order valence-corrected chi connectivity index (χ3v) is 3.54. The van der Waals surface area contributed by atoms with E-state index >= 15 is 0 Å². The molecule has 0 radical (unpaired) electrons. The van der Waals surface area contributed by atoms with E-state index in [4.69, 9.17) is 0 Å². The highest BCUT2D eigenvalue weighted by molar-refractivity contribution is 7.90. The van der Waals surface area contributed by atoms with Gasteiger partial charge < -0.3 is 5.32 Å². The van der Waals surface area contributed by atoms with Crippen molar-refractivity contribution < 1.29 is 21.6 Å². The molecule has 0 aliphatic rings. The van der Waals surface area contributed by atoms with Crippen molar-refractivity contribution >= 4 is 9.84 Å². The number of nitrogens with one attached hydrogen (secondary N) is 1. The van der Waals surface area contributed by atoms with E-state index in [0.29, 0.717) is 13.0 Å². The Morgan fingerprint density at radius 1 is 1.21 bits per heavy atom. The first-order chi connectivity index (χ1) is 8.70. The zero-order valence-corrected chi connectivity index (χ0v) is 11.3.